The Hall–Kier alpha value is -1.62. The van der Waals surface area contributed by atoms with E-state index in [0.29, 0.717) is 6.04 Å². The standard InChI is InChI=1S/C12H17N5/c1-2-10(1)17-9-14-8-11(17)7-13-4-3-12-15-5-6-16-12/h5-6,8-10,13H,1-4,7H2,(H,15,16). The maximum Gasteiger partial charge on any atom is 0.107 e. The first-order chi connectivity index (χ1) is 8.43. The average molecular weight is 231 g/mol. The molecule has 1 aliphatic carbocycles. The smallest absolute Gasteiger partial charge is 0.107 e. The van der Waals surface area contributed by atoms with Gasteiger partial charge in [-0.05, 0) is 12.8 Å². The van der Waals surface area contributed by atoms with Gasteiger partial charge in [0.1, 0.15) is 5.82 Å². The van der Waals surface area contributed by atoms with Crippen LogP contribution in [-0.4, -0.2) is 26.1 Å². The number of H-pyrrole nitrogens is 1. The van der Waals surface area contributed by atoms with Crippen molar-refractivity contribution in [1.29, 1.82) is 0 Å². The second kappa shape index (κ2) is 4.71. The SMILES string of the molecule is c1c[nH]c(CCNCc2cncn2C2CC2)n1. The van der Waals surface area contributed by atoms with Crippen LogP contribution in [0.4, 0.5) is 0 Å². The summed E-state index contributed by atoms with van der Waals surface area (Å²) in [6.45, 7) is 1.82. The van der Waals surface area contributed by atoms with Gasteiger partial charge in [0, 0.05) is 44.1 Å². The molecule has 2 N–H and O–H groups in total. The zero-order valence-electron chi connectivity index (χ0n) is 9.76. The van der Waals surface area contributed by atoms with E-state index in [9.17, 15) is 0 Å². The first-order valence-electron chi connectivity index (χ1n) is 6.13. The van der Waals surface area contributed by atoms with Gasteiger partial charge in [0.2, 0.25) is 0 Å². The highest BCUT2D eigenvalue weighted by molar-refractivity contribution is 5.03. The molecule has 17 heavy (non-hydrogen) atoms. The summed E-state index contributed by atoms with van der Waals surface area (Å²) in [5.41, 5.74) is 1.28. The molecule has 1 saturated carbocycles. The Bertz CT molecular complexity index is 455. The summed E-state index contributed by atoms with van der Waals surface area (Å²) >= 11 is 0. The molecule has 0 aromatic carbocycles. The summed E-state index contributed by atoms with van der Waals surface area (Å²) < 4.78 is 2.29. The van der Waals surface area contributed by atoms with E-state index in [1.54, 1.807) is 6.20 Å². The number of hydrogen-bond donors (Lipinski definition) is 2. The highest BCUT2D eigenvalue weighted by Crippen LogP contribution is 2.35. The first-order valence-corrected chi connectivity index (χ1v) is 6.13. The second-order valence-electron chi connectivity index (χ2n) is 4.49. The molecule has 1 aliphatic rings. The zero-order chi connectivity index (χ0) is 11.5. The van der Waals surface area contributed by atoms with Crippen molar-refractivity contribution in [2.24, 2.45) is 0 Å². The third-order valence-electron chi connectivity index (χ3n) is 3.09. The van der Waals surface area contributed by atoms with E-state index >= 15 is 0 Å². The number of imidazole rings is 2. The number of aromatic amines is 1. The third-order valence-corrected chi connectivity index (χ3v) is 3.09. The van der Waals surface area contributed by atoms with Crippen LogP contribution < -0.4 is 5.32 Å². The van der Waals surface area contributed by atoms with Crippen LogP contribution in [0.15, 0.2) is 24.9 Å². The molecule has 0 amide bonds. The predicted molar refractivity (Wildman–Crippen MR) is 64.5 cm³/mol. The lowest BCUT2D eigenvalue weighted by Crippen LogP contribution is -2.19. The van der Waals surface area contributed by atoms with Crippen molar-refractivity contribution >= 4 is 0 Å². The lowest BCUT2D eigenvalue weighted by Gasteiger charge is -2.07. The molecular formula is C12H17N5. The normalized spacial score (nSPS) is 15.3. The number of hydrogen-bond acceptors (Lipinski definition) is 3. The van der Waals surface area contributed by atoms with Gasteiger partial charge >= 0.3 is 0 Å². The molecule has 0 radical (unpaired) electrons. The van der Waals surface area contributed by atoms with E-state index in [4.69, 9.17) is 0 Å². The number of aromatic nitrogens is 4. The predicted octanol–water partition coefficient (Wildman–Crippen LogP) is 1.27. The van der Waals surface area contributed by atoms with E-state index in [2.05, 4.69) is 24.8 Å². The molecule has 0 saturated heterocycles. The number of nitrogens with zero attached hydrogens (tertiary/aromatic N) is 3. The Labute approximate surface area is 100 Å². The Morgan fingerprint density at radius 1 is 1.47 bits per heavy atom. The maximum atomic E-state index is 4.22. The Morgan fingerprint density at radius 3 is 3.18 bits per heavy atom. The van der Waals surface area contributed by atoms with E-state index in [0.717, 1.165) is 25.3 Å². The van der Waals surface area contributed by atoms with Crippen molar-refractivity contribution in [3.63, 3.8) is 0 Å². The summed E-state index contributed by atoms with van der Waals surface area (Å²) in [5.74, 6) is 1.04. The van der Waals surface area contributed by atoms with Crippen LogP contribution in [0.5, 0.6) is 0 Å². The molecule has 2 heterocycles. The summed E-state index contributed by atoms with van der Waals surface area (Å²) in [6, 6.07) is 0.708. The molecule has 90 valence electrons. The summed E-state index contributed by atoms with van der Waals surface area (Å²) in [7, 11) is 0. The fourth-order valence-corrected chi connectivity index (χ4v) is 2.01. The number of nitrogens with one attached hydrogen (secondary N) is 2. The third kappa shape index (κ3) is 2.55. The van der Waals surface area contributed by atoms with Crippen LogP contribution in [0.2, 0.25) is 0 Å². The van der Waals surface area contributed by atoms with Gasteiger partial charge in [-0.25, -0.2) is 9.97 Å². The van der Waals surface area contributed by atoms with Gasteiger partial charge in [0.05, 0.1) is 12.0 Å². The minimum Gasteiger partial charge on any atom is -0.349 e. The van der Waals surface area contributed by atoms with Gasteiger partial charge in [-0.15, -0.1) is 0 Å². The fraction of sp³-hybridized carbons (Fsp3) is 0.500. The van der Waals surface area contributed by atoms with Crippen molar-refractivity contribution in [3.8, 4) is 0 Å². The van der Waals surface area contributed by atoms with Gasteiger partial charge in [-0.1, -0.05) is 0 Å². The largest absolute Gasteiger partial charge is 0.349 e. The van der Waals surface area contributed by atoms with Crippen LogP contribution in [-0.2, 0) is 13.0 Å². The summed E-state index contributed by atoms with van der Waals surface area (Å²) in [6.07, 6.45) is 11.1. The topological polar surface area (TPSA) is 58.5 Å². The lowest BCUT2D eigenvalue weighted by atomic mass is 10.4. The van der Waals surface area contributed by atoms with E-state index in [1.165, 1.54) is 18.5 Å². The molecule has 2 aromatic rings. The van der Waals surface area contributed by atoms with Crippen LogP contribution in [0, 0.1) is 0 Å². The summed E-state index contributed by atoms with van der Waals surface area (Å²) in [5, 5.41) is 3.43. The molecule has 0 unspecified atom stereocenters. The van der Waals surface area contributed by atoms with Crippen molar-refractivity contribution in [3.05, 3.63) is 36.4 Å². The quantitative estimate of drug-likeness (QED) is 0.736. The Kier molecular flexibility index (Phi) is 2.92. The molecule has 0 aliphatic heterocycles. The van der Waals surface area contributed by atoms with Gasteiger partial charge in [0.15, 0.2) is 0 Å². The second-order valence-corrected chi connectivity index (χ2v) is 4.49. The van der Waals surface area contributed by atoms with Gasteiger partial charge in [0.25, 0.3) is 0 Å². The maximum absolute atomic E-state index is 4.22. The minimum absolute atomic E-state index is 0.708. The molecule has 2 aromatic heterocycles. The molecule has 1 fully saturated rings. The van der Waals surface area contributed by atoms with Crippen molar-refractivity contribution in [2.75, 3.05) is 6.54 Å². The Balaban J connectivity index is 1.46. The molecule has 0 bridgehead atoms. The van der Waals surface area contributed by atoms with Crippen LogP contribution >= 0.6 is 0 Å². The number of rotatable bonds is 6. The van der Waals surface area contributed by atoms with Crippen LogP contribution in [0.25, 0.3) is 0 Å². The van der Waals surface area contributed by atoms with Crippen molar-refractivity contribution in [2.45, 2.75) is 31.8 Å². The van der Waals surface area contributed by atoms with Crippen LogP contribution in [0.3, 0.4) is 0 Å². The van der Waals surface area contributed by atoms with Crippen molar-refractivity contribution < 1.29 is 0 Å². The molecular weight excluding hydrogens is 214 g/mol. The lowest BCUT2D eigenvalue weighted by molar-refractivity contribution is 0.615. The van der Waals surface area contributed by atoms with Gasteiger partial charge in [-0.2, -0.15) is 0 Å². The van der Waals surface area contributed by atoms with Gasteiger partial charge < -0.3 is 14.9 Å². The highest BCUT2D eigenvalue weighted by Gasteiger charge is 2.24. The molecule has 0 spiro atoms. The monoisotopic (exact) mass is 231 g/mol. The van der Waals surface area contributed by atoms with Gasteiger partial charge in [-0.3, -0.25) is 0 Å². The zero-order valence-corrected chi connectivity index (χ0v) is 9.76. The van der Waals surface area contributed by atoms with E-state index in [1.807, 2.05) is 18.7 Å². The van der Waals surface area contributed by atoms with Crippen molar-refractivity contribution in [1.82, 2.24) is 24.8 Å². The van der Waals surface area contributed by atoms with E-state index < -0.39 is 0 Å². The Morgan fingerprint density at radius 2 is 2.41 bits per heavy atom. The fourth-order valence-electron chi connectivity index (χ4n) is 2.01. The van der Waals surface area contributed by atoms with E-state index in [-0.39, 0.29) is 0 Å². The molecule has 3 rings (SSSR count). The first kappa shape index (κ1) is 10.5. The summed E-state index contributed by atoms with van der Waals surface area (Å²) in [4.78, 5) is 11.5. The average Bonchev–Trinajstić information content (AvgIpc) is 2.89. The molecule has 0 atom stereocenters. The highest BCUT2D eigenvalue weighted by atomic mass is 15.1. The van der Waals surface area contributed by atoms with Crippen LogP contribution in [0.1, 0.15) is 30.4 Å². The molecule has 5 heteroatoms. The minimum atomic E-state index is 0.708. The molecule has 5 nitrogen and oxygen atoms in total.